The monoisotopic (exact) mass is 546 g/mol. The summed E-state index contributed by atoms with van der Waals surface area (Å²) in [7, 11) is 1.70. The van der Waals surface area contributed by atoms with Crippen LogP contribution in [0.5, 0.6) is 0 Å². The van der Waals surface area contributed by atoms with E-state index in [1.54, 1.807) is 20.2 Å². The minimum Gasteiger partial charge on any atom is -0.462 e. The summed E-state index contributed by atoms with van der Waals surface area (Å²) in [5, 5.41) is 10.6. The first kappa shape index (κ1) is 22.2. The average molecular weight is 546 g/mol. The van der Waals surface area contributed by atoms with Crippen molar-refractivity contribution in [2.75, 3.05) is 11.9 Å². The third kappa shape index (κ3) is 4.80. The molecule has 0 aromatic carbocycles. The van der Waals surface area contributed by atoms with Gasteiger partial charge in [-0.25, -0.2) is 4.79 Å². The number of aromatic nitrogens is 2. The zero-order chi connectivity index (χ0) is 21.1. The van der Waals surface area contributed by atoms with Crippen molar-refractivity contribution in [1.82, 2.24) is 15.1 Å². The van der Waals surface area contributed by atoms with Gasteiger partial charge in [0, 0.05) is 11.9 Å². The molecule has 0 radical (unpaired) electrons. The number of aryl methyl sites for hydroxylation is 1. The predicted molar refractivity (Wildman–Crippen MR) is 126 cm³/mol. The molecular weight excluding hydrogens is 523 g/mol. The molecule has 1 amide bonds. The molecule has 1 aliphatic carbocycles. The fourth-order valence-corrected chi connectivity index (χ4v) is 5.81. The predicted octanol–water partition coefficient (Wildman–Crippen LogP) is 3.90. The van der Waals surface area contributed by atoms with Gasteiger partial charge in [0.25, 0.3) is 5.91 Å². The Morgan fingerprint density at radius 1 is 1.45 bits per heavy atom. The molecule has 0 fully saturated rings. The maximum Gasteiger partial charge on any atom is 0.341 e. The van der Waals surface area contributed by atoms with Crippen LogP contribution in [0.4, 0.5) is 5.00 Å². The number of halogens is 1. The number of nitrogens with zero attached hydrogens (tertiary/aromatic N) is 2. The molecule has 1 aliphatic rings. The number of carbonyl (C=O) groups is 2. The number of thiophene rings is 1. The van der Waals surface area contributed by atoms with Gasteiger partial charge in [-0.3, -0.25) is 14.8 Å². The first-order chi connectivity index (χ1) is 13.8. The number of ether oxygens (including phenoxy) is 1. The van der Waals surface area contributed by atoms with Gasteiger partial charge in [-0.05, 0) is 72.5 Å². The number of amides is 1. The third-order valence-electron chi connectivity index (χ3n) is 4.99. The Bertz CT molecular complexity index is 934. The van der Waals surface area contributed by atoms with Gasteiger partial charge >= 0.3 is 5.97 Å². The zero-order valence-electron chi connectivity index (χ0n) is 16.5. The van der Waals surface area contributed by atoms with Crippen LogP contribution in [0, 0.1) is 9.49 Å². The average Bonchev–Trinajstić information content (AvgIpc) is 3.19. The molecule has 29 heavy (non-hydrogen) atoms. The van der Waals surface area contributed by atoms with Crippen molar-refractivity contribution >= 4 is 68.1 Å². The number of carbonyl (C=O) groups excluding carboxylic acids is 2. The van der Waals surface area contributed by atoms with Crippen molar-refractivity contribution in [1.29, 1.82) is 0 Å². The molecule has 2 aromatic rings. The minimum absolute atomic E-state index is 0.142. The fraction of sp³-hybridized carbons (Fsp3) is 0.474. The number of esters is 1. The van der Waals surface area contributed by atoms with Crippen LogP contribution >= 0.6 is 46.1 Å². The molecule has 156 valence electrons. The van der Waals surface area contributed by atoms with E-state index in [9.17, 15) is 9.59 Å². The van der Waals surface area contributed by atoms with Crippen molar-refractivity contribution in [2.45, 2.75) is 39.5 Å². The van der Waals surface area contributed by atoms with E-state index in [4.69, 9.17) is 17.0 Å². The second-order valence-electron chi connectivity index (χ2n) is 6.82. The first-order valence-electron chi connectivity index (χ1n) is 9.47. The molecule has 0 spiro atoms. The molecule has 7 nitrogen and oxygen atoms in total. The van der Waals surface area contributed by atoms with Crippen LogP contribution in [0.3, 0.4) is 0 Å². The van der Waals surface area contributed by atoms with E-state index in [2.05, 4.69) is 45.2 Å². The zero-order valence-corrected chi connectivity index (χ0v) is 20.3. The Labute approximate surface area is 192 Å². The standard InChI is InChI=1S/C19H23IN4O3S2/c1-4-10-6-7-11-13(8-10)29-17(14(11)18(26)27-5-2)23-19(28)22-16(25)15-12(20)9-21-24(15)3/h9-10H,4-8H2,1-3H3,(H2,22,23,25,28). The Balaban J connectivity index is 1.82. The Morgan fingerprint density at radius 3 is 2.83 bits per heavy atom. The van der Waals surface area contributed by atoms with Crippen LogP contribution < -0.4 is 10.6 Å². The molecule has 1 atom stereocenters. The van der Waals surface area contributed by atoms with Gasteiger partial charge in [-0.15, -0.1) is 11.3 Å². The topological polar surface area (TPSA) is 85.2 Å². The van der Waals surface area contributed by atoms with Crippen molar-refractivity contribution in [3.05, 3.63) is 31.5 Å². The van der Waals surface area contributed by atoms with E-state index >= 15 is 0 Å². The second-order valence-corrected chi connectivity index (χ2v) is 9.49. The summed E-state index contributed by atoms with van der Waals surface area (Å²) in [5.41, 5.74) is 2.03. The summed E-state index contributed by atoms with van der Waals surface area (Å²) in [6.07, 6.45) is 5.60. The first-order valence-corrected chi connectivity index (χ1v) is 11.8. The molecule has 1 unspecified atom stereocenters. The highest BCUT2D eigenvalue weighted by atomic mass is 127. The molecule has 2 N–H and O–H groups in total. The summed E-state index contributed by atoms with van der Waals surface area (Å²) in [5.74, 6) is -0.0719. The highest BCUT2D eigenvalue weighted by Gasteiger charge is 2.29. The lowest BCUT2D eigenvalue weighted by atomic mass is 9.86. The molecule has 0 bridgehead atoms. The molecule has 0 saturated heterocycles. The summed E-state index contributed by atoms with van der Waals surface area (Å²) >= 11 is 8.93. The highest BCUT2D eigenvalue weighted by molar-refractivity contribution is 14.1. The molecule has 0 aliphatic heterocycles. The minimum atomic E-state index is -0.350. The van der Waals surface area contributed by atoms with Gasteiger partial charge in [0.2, 0.25) is 0 Å². The molecule has 2 heterocycles. The Kier molecular flexibility index (Phi) is 7.28. The van der Waals surface area contributed by atoms with E-state index in [-0.39, 0.29) is 17.0 Å². The maximum absolute atomic E-state index is 12.6. The number of thiocarbonyl (C=S) groups is 1. The molecular formula is C19H23IN4O3S2. The van der Waals surface area contributed by atoms with Crippen molar-refractivity contribution in [3.8, 4) is 0 Å². The lowest BCUT2D eigenvalue weighted by molar-refractivity contribution is 0.0526. The third-order valence-corrected chi connectivity index (χ3v) is 7.15. The lowest BCUT2D eigenvalue weighted by Crippen LogP contribution is -2.35. The lowest BCUT2D eigenvalue weighted by Gasteiger charge is -2.21. The van der Waals surface area contributed by atoms with Crippen LogP contribution in [0.2, 0.25) is 0 Å². The van der Waals surface area contributed by atoms with Crippen LogP contribution in [-0.4, -0.2) is 33.4 Å². The van der Waals surface area contributed by atoms with Crippen LogP contribution in [-0.2, 0) is 24.6 Å². The largest absolute Gasteiger partial charge is 0.462 e. The number of rotatable bonds is 5. The number of anilines is 1. The van der Waals surface area contributed by atoms with Crippen molar-refractivity contribution < 1.29 is 14.3 Å². The van der Waals surface area contributed by atoms with E-state index in [1.165, 1.54) is 20.9 Å². The number of fused-ring (bicyclic) bond motifs is 1. The van der Waals surface area contributed by atoms with Gasteiger partial charge < -0.3 is 10.1 Å². The molecule has 0 saturated carbocycles. The number of hydrogen-bond acceptors (Lipinski definition) is 6. The van der Waals surface area contributed by atoms with Crippen molar-refractivity contribution in [3.63, 3.8) is 0 Å². The fourth-order valence-electron chi connectivity index (χ4n) is 3.47. The van der Waals surface area contributed by atoms with Gasteiger partial charge in [0.1, 0.15) is 10.7 Å². The molecule has 2 aromatic heterocycles. The van der Waals surface area contributed by atoms with Crippen molar-refractivity contribution in [2.24, 2.45) is 13.0 Å². The molecule has 10 heteroatoms. The quantitative estimate of drug-likeness (QED) is 0.336. The van der Waals surface area contributed by atoms with Gasteiger partial charge in [0.05, 0.1) is 21.9 Å². The number of nitrogens with one attached hydrogen (secondary N) is 2. The SMILES string of the molecule is CCOC(=O)c1c(NC(=S)NC(=O)c2c(I)cnn2C)sc2c1CCC(CC)C2. The van der Waals surface area contributed by atoms with Crippen LogP contribution in [0.15, 0.2) is 6.20 Å². The Hall–Kier alpha value is -1.53. The number of hydrogen-bond donors (Lipinski definition) is 2. The normalized spacial score (nSPS) is 15.5. The summed E-state index contributed by atoms with van der Waals surface area (Å²) in [6.45, 7) is 4.29. The van der Waals surface area contributed by atoms with Crippen LogP contribution in [0.1, 0.15) is 58.0 Å². The van der Waals surface area contributed by atoms with Gasteiger partial charge in [-0.2, -0.15) is 5.10 Å². The highest BCUT2D eigenvalue weighted by Crippen LogP contribution is 2.40. The Morgan fingerprint density at radius 2 is 2.21 bits per heavy atom. The maximum atomic E-state index is 12.6. The van der Waals surface area contributed by atoms with E-state index in [0.717, 1.165) is 34.8 Å². The summed E-state index contributed by atoms with van der Waals surface area (Å²) < 4.78 is 7.51. The smallest absolute Gasteiger partial charge is 0.341 e. The van der Waals surface area contributed by atoms with E-state index in [0.29, 0.717) is 28.8 Å². The summed E-state index contributed by atoms with van der Waals surface area (Å²) in [4.78, 5) is 26.4. The second kappa shape index (κ2) is 9.52. The van der Waals surface area contributed by atoms with E-state index < -0.39 is 0 Å². The van der Waals surface area contributed by atoms with Crippen LogP contribution in [0.25, 0.3) is 0 Å². The summed E-state index contributed by atoms with van der Waals surface area (Å²) in [6, 6.07) is 0. The van der Waals surface area contributed by atoms with Gasteiger partial charge in [0.15, 0.2) is 5.11 Å². The molecule has 3 rings (SSSR count). The van der Waals surface area contributed by atoms with E-state index in [1.807, 2.05) is 0 Å². The van der Waals surface area contributed by atoms with Gasteiger partial charge in [-0.1, -0.05) is 13.3 Å².